The van der Waals surface area contributed by atoms with Crippen molar-refractivity contribution in [1.29, 1.82) is 0 Å². The minimum Gasteiger partial charge on any atom is -0.494 e. The third kappa shape index (κ3) is 10.1. The highest BCUT2D eigenvalue weighted by Crippen LogP contribution is 2.23. The molecule has 0 aliphatic carbocycles. The monoisotopic (exact) mass is 546 g/mol. The molecule has 0 spiro atoms. The Morgan fingerprint density at radius 2 is 1.90 bits per heavy atom. The Morgan fingerprint density at radius 1 is 1.10 bits per heavy atom. The van der Waals surface area contributed by atoms with Gasteiger partial charge in [0.15, 0.2) is 0 Å². The Kier molecular flexibility index (Phi) is 13.8. The molecule has 1 amide bonds. The predicted molar refractivity (Wildman–Crippen MR) is 169 cm³/mol. The average Bonchev–Trinajstić information content (AvgIpc) is 3.52. The number of benzene rings is 2. The second kappa shape index (κ2) is 17.6. The van der Waals surface area contributed by atoms with Crippen LogP contribution in [-0.4, -0.2) is 57.2 Å². The van der Waals surface area contributed by atoms with E-state index in [2.05, 4.69) is 70.0 Å². The average molecular weight is 547 g/mol. The number of rotatable bonds is 19. The molecule has 40 heavy (non-hydrogen) atoms. The highest BCUT2D eigenvalue weighted by molar-refractivity contribution is 5.81. The van der Waals surface area contributed by atoms with Crippen LogP contribution in [0, 0.1) is 0 Å². The maximum absolute atomic E-state index is 12.4. The van der Waals surface area contributed by atoms with Gasteiger partial charge in [0, 0.05) is 38.9 Å². The number of hydrogen-bond acceptors (Lipinski definition) is 5. The summed E-state index contributed by atoms with van der Waals surface area (Å²) < 4.78 is 6.10. The van der Waals surface area contributed by atoms with Crippen molar-refractivity contribution in [2.45, 2.75) is 70.5 Å². The molecule has 3 rings (SSSR count). The molecule has 6 nitrogen and oxygen atoms in total. The molecule has 6 heteroatoms. The van der Waals surface area contributed by atoms with Gasteiger partial charge in [-0.1, -0.05) is 49.8 Å². The minimum atomic E-state index is -0.208. The summed E-state index contributed by atoms with van der Waals surface area (Å²) in [6, 6.07) is 14.9. The van der Waals surface area contributed by atoms with E-state index >= 15 is 0 Å². The molecule has 0 aromatic heterocycles. The molecule has 0 bridgehead atoms. The van der Waals surface area contributed by atoms with Crippen molar-refractivity contribution in [3.05, 3.63) is 78.4 Å². The molecule has 1 fully saturated rings. The van der Waals surface area contributed by atoms with Gasteiger partial charge in [0.05, 0.1) is 12.6 Å². The van der Waals surface area contributed by atoms with E-state index in [1.807, 2.05) is 25.3 Å². The van der Waals surface area contributed by atoms with E-state index in [1.54, 1.807) is 7.05 Å². The normalized spacial score (nSPS) is 13.8. The zero-order chi connectivity index (χ0) is 28.6. The Morgan fingerprint density at radius 3 is 2.65 bits per heavy atom. The fourth-order valence-electron chi connectivity index (χ4n) is 5.35. The summed E-state index contributed by atoms with van der Waals surface area (Å²) in [6.45, 7) is 13.5. The summed E-state index contributed by atoms with van der Waals surface area (Å²) in [5.74, 6) is 0.897. The summed E-state index contributed by atoms with van der Waals surface area (Å²) in [5.41, 5.74) is 4.91. The Bertz CT molecular complexity index is 1060. The summed E-state index contributed by atoms with van der Waals surface area (Å²) in [5, 5.41) is 6.40. The van der Waals surface area contributed by atoms with Crippen LogP contribution in [0.25, 0.3) is 6.08 Å². The topological polar surface area (TPSA) is 56.8 Å². The smallest absolute Gasteiger partial charge is 0.237 e. The van der Waals surface area contributed by atoms with E-state index in [4.69, 9.17) is 4.74 Å². The second-order valence-corrected chi connectivity index (χ2v) is 10.8. The highest BCUT2D eigenvalue weighted by atomic mass is 16.5. The van der Waals surface area contributed by atoms with Crippen LogP contribution in [0.5, 0.6) is 5.75 Å². The van der Waals surface area contributed by atoms with Gasteiger partial charge in [-0.05, 0) is 93.1 Å². The van der Waals surface area contributed by atoms with Gasteiger partial charge in [0.1, 0.15) is 5.75 Å². The van der Waals surface area contributed by atoms with Gasteiger partial charge in [0.2, 0.25) is 5.91 Å². The molecule has 1 unspecified atom stereocenters. The van der Waals surface area contributed by atoms with E-state index in [0.717, 1.165) is 55.6 Å². The van der Waals surface area contributed by atoms with Crippen LogP contribution in [0.3, 0.4) is 0 Å². The number of nitrogens with zero attached hydrogens (tertiary/aromatic N) is 2. The molecule has 2 N–H and O–H groups in total. The van der Waals surface area contributed by atoms with E-state index in [-0.39, 0.29) is 11.9 Å². The Labute approximate surface area is 242 Å². The van der Waals surface area contributed by atoms with Gasteiger partial charge < -0.3 is 20.3 Å². The van der Waals surface area contributed by atoms with Gasteiger partial charge in [-0.3, -0.25) is 9.69 Å². The van der Waals surface area contributed by atoms with Gasteiger partial charge in [0.25, 0.3) is 0 Å². The first-order valence-corrected chi connectivity index (χ1v) is 15.0. The van der Waals surface area contributed by atoms with Crippen molar-refractivity contribution in [1.82, 2.24) is 15.5 Å². The number of allylic oxidation sites excluding steroid dienone is 1. The van der Waals surface area contributed by atoms with Crippen molar-refractivity contribution < 1.29 is 9.53 Å². The molecule has 1 aliphatic rings. The molecule has 0 saturated carbocycles. The third-order valence-electron chi connectivity index (χ3n) is 7.71. The van der Waals surface area contributed by atoms with Gasteiger partial charge in [-0.15, -0.1) is 6.58 Å². The fourth-order valence-corrected chi connectivity index (χ4v) is 5.35. The first-order valence-electron chi connectivity index (χ1n) is 15.0. The lowest BCUT2D eigenvalue weighted by molar-refractivity contribution is -0.125. The van der Waals surface area contributed by atoms with Gasteiger partial charge in [-0.2, -0.15) is 0 Å². The minimum absolute atomic E-state index is 0.0267. The van der Waals surface area contributed by atoms with E-state index in [1.165, 1.54) is 50.0 Å². The molecule has 218 valence electrons. The molecule has 2 aromatic rings. The first kappa shape index (κ1) is 31.4. The highest BCUT2D eigenvalue weighted by Gasteiger charge is 2.22. The van der Waals surface area contributed by atoms with Crippen molar-refractivity contribution >= 4 is 17.7 Å². The van der Waals surface area contributed by atoms with E-state index in [9.17, 15) is 4.79 Å². The summed E-state index contributed by atoms with van der Waals surface area (Å²) >= 11 is 0. The number of carbonyl (C=O) groups excluding carboxylic acids is 1. The molecule has 1 atom stereocenters. The number of carbonyl (C=O) groups is 1. The molecular weight excluding hydrogens is 496 g/mol. The third-order valence-corrected chi connectivity index (χ3v) is 7.71. The van der Waals surface area contributed by atoms with Crippen LogP contribution in [0.4, 0.5) is 5.69 Å². The Hall–Kier alpha value is -3.09. The van der Waals surface area contributed by atoms with Crippen LogP contribution in [0.15, 0.2) is 61.7 Å². The maximum atomic E-state index is 12.4. The number of ether oxygens (including phenoxy) is 1. The summed E-state index contributed by atoms with van der Waals surface area (Å²) in [6.07, 6.45) is 12.4. The van der Waals surface area contributed by atoms with Gasteiger partial charge >= 0.3 is 0 Å². The second-order valence-electron chi connectivity index (χ2n) is 10.8. The van der Waals surface area contributed by atoms with Crippen molar-refractivity contribution in [3.63, 3.8) is 0 Å². The molecule has 1 saturated heterocycles. The number of hydrogen-bond donors (Lipinski definition) is 2. The van der Waals surface area contributed by atoms with E-state index < -0.39 is 0 Å². The number of unbranched alkanes of at least 4 members (excludes halogenated alkanes) is 3. The quantitative estimate of drug-likeness (QED) is 0.163. The first-order chi connectivity index (χ1) is 19.5. The van der Waals surface area contributed by atoms with Crippen molar-refractivity contribution in [2.24, 2.45) is 0 Å². The van der Waals surface area contributed by atoms with Crippen LogP contribution < -0.4 is 20.3 Å². The fraction of sp³-hybridized carbons (Fsp3) is 0.500. The summed E-state index contributed by atoms with van der Waals surface area (Å²) in [7, 11) is 3.68. The largest absolute Gasteiger partial charge is 0.494 e. The number of anilines is 1. The van der Waals surface area contributed by atoms with Crippen LogP contribution in [-0.2, 0) is 17.9 Å². The lowest BCUT2D eigenvalue weighted by Crippen LogP contribution is -2.43. The van der Waals surface area contributed by atoms with Crippen molar-refractivity contribution in [3.8, 4) is 5.75 Å². The van der Waals surface area contributed by atoms with Crippen LogP contribution in [0.1, 0.15) is 68.1 Å². The maximum Gasteiger partial charge on any atom is 0.237 e. The predicted octanol–water partition coefficient (Wildman–Crippen LogP) is 6.17. The van der Waals surface area contributed by atoms with E-state index in [0.29, 0.717) is 13.2 Å². The molecular formula is C34H50N4O2. The van der Waals surface area contributed by atoms with Crippen LogP contribution >= 0.6 is 0 Å². The number of amides is 1. The SMILES string of the molecule is C=CCCC(C(=O)NC)N(C)Cc1cc(OCCCCCCNCc2cccc(N3CCCC3)c2)ccc1C=C. The Balaban J connectivity index is 1.35. The lowest BCUT2D eigenvalue weighted by Gasteiger charge is -2.27. The molecule has 1 aliphatic heterocycles. The zero-order valence-corrected chi connectivity index (χ0v) is 24.8. The van der Waals surface area contributed by atoms with Crippen molar-refractivity contribution in [2.75, 3.05) is 45.2 Å². The van der Waals surface area contributed by atoms with Gasteiger partial charge in [-0.25, -0.2) is 0 Å². The molecule has 0 radical (unpaired) electrons. The zero-order valence-electron chi connectivity index (χ0n) is 24.8. The van der Waals surface area contributed by atoms with Crippen LogP contribution in [0.2, 0.25) is 0 Å². The standard InChI is InChI=1S/C34H50N4O2/c1-5-7-17-33(34(39)35-3)37(4)27-30-25-32(19-18-29(30)6-2)40-23-13-9-8-10-20-36-26-28-15-14-16-31(24-28)38-21-11-12-22-38/h5-6,14-16,18-19,24-25,33,36H,1-2,7-13,17,20-23,26-27H2,3-4H3,(H,35,39). The molecule has 2 aromatic carbocycles. The number of likely N-dealkylation sites (N-methyl/N-ethyl adjacent to an activating group) is 2. The number of nitrogens with one attached hydrogen (secondary N) is 2. The summed E-state index contributed by atoms with van der Waals surface area (Å²) in [4.78, 5) is 17.0. The molecule has 1 heterocycles. The lowest BCUT2D eigenvalue weighted by atomic mass is 10.0.